The van der Waals surface area contributed by atoms with Gasteiger partial charge in [-0.15, -0.1) is 0 Å². The number of Topliss-reactive ketones (excluding diaryl/α,β-unsaturated/α-hetero) is 1. The number of hydrogen-bond acceptors (Lipinski definition) is 3. The molecule has 0 amide bonds. The summed E-state index contributed by atoms with van der Waals surface area (Å²) >= 11 is 0. The summed E-state index contributed by atoms with van der Waals surface area (Å²) in [5.41, 5.74) is 0.783. The molecule has 102 valence electrons. The first kappa shape index (κ1) is 13.8. The van der Waals surface area contributed by atoms with Crippen LogP contribution in [0.3, 0.4) is 0 Å². The maximum Gasteiger partial charge on any atom is 0.455 e. The molecule has 0 bridgehead atoms. The lowest BCUT2D eigenvalue weighted by atomic mass is 10.1. The minimum atomic E-state index is -5.06. The number of fused-ring (bicyclic) bond motifs is 1. The van der Waals surface area contributed by atoms with E-state index in [1.165, 1.54) is 12.1 Å². The summed E-state index contributed by atoms with van der Waals surface area (Å²) in [6.45, 7) is 1.76. The highest BCUT2D eigenvalue weighted by Crippen LogP contribution is 2.23. The summed E-state index contributed by atoms with van der Waals surface area (Å²) < 4.78 is 36.9. The largest absolute Gasteiger partial charge is 0.455 e. The predicted molar refractivity (Wildman–Crippen MR) is 65.5 cm³/mol. The third-order valence-electron chi connectivity index (χ3n) is 2.70. The van der Waals surface area contributed by atoms with E-state index in [9.17, 15) is 18.0 Å². The van der Waals surface area contributed by atoms with Crippen LogP contribution < -0.4 is 0 Å². The van der Waals surface area contributed by atoms with Crippen LogP contribution in [0.15, 0.2) is 23.8 Å². The Kier molecular flexibility index (Phi) is 3.32. The van der Waals surface area contributed by atoms with Gasteiger partial charge in [0.2, 0.25) is 0 Å². The van der Waals surface area contributed by atoms with E-state index >= 15 is 0 Å². The van der Waals surface area contributed by atoms with E-state index in [0.29, 0.717) is 11.1 Å². The van der Waals surface area contributed by atoms with E-state index in [0.717, 1.165) is 17.2 Å². The minimum Gasteiger partial charge on any atom is -0.283 e. The maximum atomic E-state index is 12.3. The normalized spacial score (nSPS) is 12.4. The van der Waals surface area contributed by atoms with Gasteiger partial charge in [-0.3, -0.25) is 9.89 Å². The molecule has 2 aromatic rings. The molecule has 1 aromatic heterocycles. The number of aryl methyl sites for hydroxylation is 1. The molecule has 1 N–H and O–H groups in total. The third kappa shape index (κ3) is 2.54. The van der Waals surface area contributed by atoms with Crippen molar-refractivity contribution in [2.75, 3.05) is 0 Å². The number of nitrogens with one attached hydrogen (secondary N) is 1. The molecule has 0 unspecified atom stereocenters. The van der Waals surface area contributed by atoms with E-state index in [1.54, 1.807) is 19.1 Å². The highest BCUT2D eigenvalue weighted by atomic mass is 19.4. The second-order valence-corrected chi connectivity index (χ2v) is 4.12. The van der Waals surface area contributed by atoms with Crippen molar-refractivity contribution in [1.29, 1.82) is 5.26 Å². The lowest BCUT2D eigenvalue weighted by Gasteiger charge is -2.03. The molecule has 0 aliphatic carbocycles. The first-order valence-corrected chi connectivity index (χ1v) is 5.51. The molecule has 0 atom stereocenters. The average molecular weight is 279 g/mol. The number of allylic oxidation sites excluding steroid dienone is 1. The molecule has 0 radical (unpaired) electrons. The number of alkyl halides is 3. The fourth-order valence-corrected chi connectivity index (χ4v) is 1.71. The number of carbonyl (C=O) groups excluding carboxylic acids is 1. The molecule has 0 spiro atoms. The molecule has 7 heteroatoms. The van der Waals surface area contributed by atoms with Crippen LogP contribution in [0.2, 0.25) is 0 Å². The number of benzene rings is 1. The summed E-state index contributed by atoms with van der Waals surface area (Å²) in [7, 11) is 0. The molecular formula is C13H8F3N3O. The Morgan fingerprint density at radius 3 is 2.75 bits per heavy atom. The Balaban J connectivity index is 2.47. The number of hydrogen-bond donors (Lipinski definition) is 1. The zero-order chi connectivity index (χ0) is 14.9. The van der Waals surface area contributed by atoms with Crippen molar-refractivity contribution in [3.8, 4) is 6.07 Å². The highest BCUT2D eigenvalue weighted by Gasteiger charge is 2.40. The number of nitriles is 1. The number of carbonyl (C=O) groups is 1. The van der Waals surface area contributed by atoms with Crippen LogP contribution in [0.4, 0.5) is 13.2 Å². The fourth-order valence-electron chi connectivity index (χ4n) is 1.71. The van der Waals surface area contributed by atoms with Crippen molar-refractivity contribution < 1.29 is 18.0 Å². The predicted octanol–water partition coefficient (Wildman–Crippen LogP) is 2.91. The SMILES string of the molecule is Cc1[nH]nc2ccc(C=C(C#N)C(=O)C(F)(F)F)cc12. The quantitative estimate of drug-likeness (QED) is 0.678. The summed E-state index contributed by atoms with van der Waals surface area (Å²) in [6, 6.07) is 5.93. The van der Waals surface area contributed by atoms with Gasteiger partial charge in [0.25, 0.3) is 5.78 Å². The van der Waals surface area contributed by atoms with Crippen molar-refractivity contribution >= 4 is 22.8 Å². The van der Waals surface area contributed by atoms with Gasteiger partial charge in [0.05, 0.1) is 5.52 Å². The lowest BCUT2D eigenvalue weighted by Crippen LogP contribution is -2.23. The van der Waals surface area contributed by atoms with E-state index < -0.39 is 17.5 Å². The zero-order valence-electron chi connectivity index (χ0n) is 10.2. The van der Waals surface area contributed by atoms with Crippen LogP contribution in [0.25, 0.3) is 17.0 Å². The number of aromatic nitrogens is 2. The van der Waals surface area contributed by atoms with Gasteiger partial charge in [-0.25, -0.2) is 0 Å². The maximum absolute atomic E-state index is 12.3. The van der Waals surface area contributed by atoms with E-state index in [4.69, 9.17) is 5.26 Å². The molecule has 0 fully saturated rings. The number of halogens is 3. The Morgan fingerprint density at radius 1 is 1.45 bits per heavy atom. The zero-order valence-corrected chi connectivity index (χ0v) is 10.2. The van der Waals surface area contributed by atoms with Gasteiger partial charge < -0.3 is 0 Å². The molecule has 1 heterocycles. The van der Waals surface area contributed by atoms with Crippen LogP contribution >= 0.6 is 0 Å². The first-order chi connectivity index (χ1) is 9.32. The van der Waals surface area contributed by atoms with Crippen molar-refractivity contribution in [1.82, 2.24) is 10.2 Å². The van der Waals surface area contributed by atoms with E-state index in [1.807, 2.05) is 0 Å². The number of ketones is 1. The molecule has 0 aliphatic rings. The Labute approximate surface area is 111 Å². The fraction of sp³-hybridized carbons (Fsp3) is 0.154. The molecule has 0 saturated carbocycles. The monoisotopic (exact) mass is 279 g/mol. The second-order valence-electron chi connectivity index (χ2n) is 4.12. The molecule has 20 heavy (non-hydrogen) atoms. The van der Waals surface area contributed by atoms with E-state index in [-0.39, 0.29) is 0 Å². The summed E-state index contributed by atoms with van der Waals surface area (Å²) in [5, 5.41) is 16.1. The second kappa shape index (κ2) is 4.81. The van der Waals surface area contributed by atoms with Crippen molar-refractivity contribution in [3.05, 3.63) is 35.0 Å². The van der Waals surface area contributed by atoms with Crippen molar-refractivity contribution in [3.63, 3.8) is 0 Å². The van der Waals surface area contributed by atoms with Gasteiger partial charge in [0.15, 0.2) is 0 Å². The van der Waals surface area contributed by atoms with Crippen LogP contribution in [0.5, 0.6) is 0 Å². The number of nitrogens with zero attached hydrogens (tertiary/aromatic N) is 2. The Bertz CT molecular complexity index is 750. The van der Waals surface area contributed by atoms with Gasteiger partial charge in [0, 0.05) is 11.1 Å². The molecule has 1 aromatic carbocycles. The standard InChI is InChI=1S/C13H8F3N3O/c1-7-10-5-8(2-3-11(10)19-18-7)4-9(6-17)12(20)13(14,15)16/h2-5H,1H3,(H,18,19). The minimum absolute atomic E-state index is 0.330. The van der Waals surface area contributed by atoms with Crippen molar-refractivity contribution in [2.45, 2.75) is 13.1 Å². The average Bonchev–Trinajstić information content (AvgIpc) is 2.75. The Hall–Kier alpha value is -2.62. The molecule has 0 aliphatic heterocycles. The van der Waals surface area contributed by atoms with Crippen molar-refractivity contribution in [2.24, 2.45) is 0 Å². The summed E-state index contributed by atoms with van der Waals surface area (Å²) in [5.74, 6) is -2.15. The topological polar surface area (TPSA) is 69.5 Å². The van der Waals surface area contributed by atoms with Gasteiger partial charge in [0.1, 0.15) is 11.6 Å². The summed E-state index contributed by atoms with van der Waals surface area (Å²) in [4.78, 5) is 11.0. The number of aromatic amines is 1. The van der Waals surface area contributed by atoms with Crippen LogP contribution in [0, 0.1) is 18.3 Å². The smallest absolute Gasteiger partial charge is 0.283 e. The van der Waals surface area contributed by atoms with Crippen LogP contribution in [-0.2, 0) is 4.79 Å². The van der Waals surface area contributed by atoms with Crippen LogP contribution in [0.1, 0.15) is 11.3 Å². The van der Waals surface area contributed by atoms with Gasteiger partial charge in [-0.1, -0.05) is 6.07 Å². The molecule has 2 rings (SSSR count). The van der Waals surface area contributed by atoms with Gasteiger partial charge >= 0.3 is 6.18 Å². The first-order valence-electron chi connectivity index (χ1n) is 5.51. The Morgan fingerprint density at radius 2 is 2.15 bits per heavy atom. The number of rotatable bonds is 2. The van der Waals surface area contributed by atoms with Crippen LogP contribution in [-0.4, -0.2) is 22.2 Å². The molecule has 0 saturated heterocycles. The van der Waals surface area contributed by atoms with Gasteiger partial charge in [-0.05, 0) is 30.7 Å². The highest BCUT2D eigenvalue weighted by molar-refractivity contribution is 6.06. The molecule has 4 nitrogen and oxygen atoms in total. The summed E-state index contributed by atoms with van der Waals surface area (Å²) in [6.07, 6.45) is -4.14. The van der Waals surface area contributed by atoms with Gasteiger partial charge in [-0.2, -0.15) is 23.5 Å². The lowest BCUT2D eigenvalue weighted by molar-refractivity contribution is -0.165. The third-order valence-corrected chi connectivity index (χ3v) is 2.70. The number of H-pyrrole nitrogens is 1. The van der Waals surface area contributed by atoms with E-state index in [2.05, 4.69) is 10.2 Å². The molecular weight excluding hydrogens is 271 g/mol.